The van der Waals surface area contributed by atoms with Crippen LogP contribution in [0.25, 0.3) is 0 Å². The van der Waals surface area contributed by atoms with Crippen LogP contribution in [0.15, 0.2) is 146 Å². The predicted octanol–water partition coefficient (Wildman–Crippen LogP) is 51.5. The van der Waals surface area contributed by atoms with E-state index < -0.39 is 0 Å². The first-order chi connectivity index (χ1) is 72.5. The molecule has 0 aliphatic heterocycles. The lowest BCUT2D eigenvalue weighted by Gasteiger charge is -2.60. The first-order valence-corrected chi connectivity index (χ1v) is 67.0. The molecule has 6 aromatic rings. The second-order valence-corrected chi connectivity index (χ2v) is 36.8. The van der Waals surface area contributed by atoms with Crippen molar-refractivity contribution < 1.29 is 0 Å². The summed E-state index contributed by atoms with van der Waals surface area (Å²) in [6.07, 6.45) is 42.9. The molecular weight excluding hydrogens is 1770 g/mol. The van der Waals surface area contributed by atoms with Crippen LogP contribution in [0.3, 0.4) is 0 Å². The van der Waals surface area contributed by atoms with Crippen molar-refractivity contribution in [3.05, 3.63) is 212 Å². The van der Waals surface area contributed by atoms with Gasteiger partial charge in [-0.1, -0.05) is 579 Å². The van der Waals surface area contributed by atoms with Crippen LogP contribution < -0.4 is 0 Å². The molecule has 0 heteroatoms. The van der Waals surface area contributed by atoms with E-state index in [1.807, 2.05) is 332 Å². The molecule has 6 aromatic carbocycles. The quantitative estimate of drug-likeness (QED) is 0.115. The molecule has 24 atom stereocenters. The Bertz CT molecular complexity index is 3340. The van der Waals surface area contributed by atoms with Gasteiger partial charge in [-0.25, -0.2) is 0 Å². The summed E-state index contributed by atoms with van der Waals surface area (Å²) in [5.41, 5.74) is 21.8. The molecule has 0 bridgehead atoms. The zero-order valence-corrected chi connectivity index (χ0v) is 112. The molecule has 12 aliphatic carbocycles. The molecule has 12 saturated carbocycles. The minimum atomic E-state index is 0.649. The highest BCUT2D eigenvalue weighted by Crippen LogP contribution is 2.77. The molecule has 0 radical (unpaired) electrons. The number of aryl methyl sites for hydroxylation is 6. The number of rotatable bonds is 12. The van der Waals surface area contributed by atoms with Gasteiger partial charge in [-0.15, -0.1) is 0 Å². The number of hydrogen-bond donors (Lipinski definition) is 0. The Morgan fingerprint density at radius 1 is 0.163 bits per heavy atom. The normalized spacial score (nSPS) is 27.7. The van der Waals surface area contributed by atoms with Crippen molar-refractivity contribution in [1.29, 1.82) is 0 Å². The van der Waals surface area contributed by atoms with Crippen LogP contribution in [0, 0.1) is 105 Å². The monoisotopic (exact) mass is 2040 g/mol. The van der Waals surface area contributed by atoms with Gasteiger partial charge >= 0.3 is 0 Å². The highest BCUT2D eigenvalue weighted by molar-refractivity contribution is 5.40. The van der Waals surface area contributed by atoms with Gasteiger partial charge in [0.25, 0.3) is 0 Å². The standard InChI is InChI=1S/3C33H44.24C2H6/c3*1-4-23-11-6-8-14-30(23)26-17-22(3)33-28(18-25-13-10-16-32(25)33)20-27(21-29(33)19-26)31-15-9-7-12-24(31)5-2;24*1-2/h3*6-9,11-12,14-15,22,25-29,32H,4-5,10,13,16-21H2,1-3H3;24*1-2H3/t3*22-,25?,26?,27?,28+,29-,32?,33?;;;;;;;;;;;;;;;;;;;;;;;;/m000......................../s1. The molecule has 0 nitrogen and oxygen atoms in total. The lowest BCUT2D eigenvalue weighted by atomic mass is 9.45. The third-order valence-corrected chi connectivity index (χ3v) is 33.8. The number of benzene rings is 6. The fourth-order valence-corrected chi connectivity index (χ4v) is 31.0. The van der Waals surface area contributed by atoms with Gasteiger partial charge in [-0.2, -0.15) is 0 Å². The lowest BCUT2D eigenvalue weighted by Crippen LogP contribution is -2.52. The van der Waals surface area contributed by atoms with E-state index in [1.54, 1.807) is 86.0 Å². The minimum absolute atomic E-state index is 0.649. The lowest BCUT2D eigenvalue weighted by molar-refractivity contribution is -0.0888. The Balaban J connectivity index is -0.000000230. The van der Waals surface area contributed by atoms with Crippen molar-refractivity contribution in [1.82, 2.24) is 0 Å². The zero-order valence-electron chi connectivity index (χ0n) is 112. The summed E-state index contributed by atoms with van der Waals surface area (Å²) in [4.78, 5) is 0. The molecule has 147 heavy (non-hydrogen) atoms. The number of hydrogen-bond acceptors (Lipinski definition) is 0. The first-order valence-electron chi connectivity index (χ1n) is 67.0. The van der Waals surface area contributed by atoms with E-state index in [0.717, 1.165) is 124 Å². The molecule has 15 unspecified atom stereocenters. The van der Waals surface area contributed by atoms with Crippen molar-refractivity contribution >= 4 is 0 Å². The maximum Gasteiger partial charge on any atom is -0.0154 e. The average molecular weight is 2040 g/mol. The van der Waals surface area contributed by atoms with Crippen LogP contribution in [0.1, 0.15) is 651 Å². The smallest absolute Gasteiger partial charge is 0.0154 e. The van der Waals surface area contributed by atoms with E-state index >= 15 is 0 Å². The molecule has 0 aromatic heterocycles. The summed E-state index contributed by atoms with van der Waals surface area (Å²) in [5, 5.41) is 0. The summed E-state index contributed by atoms with van der Waals surface area (Å²) in [7, 11) is 0. The van der Waals surface area contributed by atoms with E-state index in [9.17, 15) is 0 Å². The van der Waals surface area contributed by atoms with Crippen molar-refractivity contribution in [3.8, 4) is 0 Å². The van der Waals surface area contributed by atoms with Gasteiger partial charge in [-0.3, -0.25) is 0 Å². The maximum atomic E-state index is 2.70. The first kappa shape index (κ1) is 160. The molecule has 18 rings (SSSR count). The van der Waals surface area contributed by atoms with Crippen molar-refractivity contribution in [3.63, 3.8) is 0 Å². The Hall–Kier alpha value is -4.68. The molecular formula is C147H276. The Labute approximate surface area is 933 Å². The van der Waals surface area contributed by atoms with Crippen LogP contribution in [0.2, 0.25) is 0 Å². The van der Waals surface area contributed by atoms with E-state index in [4.69, 9.17) is 0 Å². The maximum absolute atomic E-state index is 2.70. The molecule has 3 spiro atoms. The van der Waals surface area contributed by atoms with E-state index in [1.165, 1.54) is 173 Å². The Kier molecular flexibility index (Phi) is 109. The van der Waals surface area contributed by atoms with Crippen molar-refractivity contribution in [2.45, 2.75) is 623 Å². The van der Waals surface area contributed by atoms with Gasteiger partial charge in [0.1, 0.15) is 0 Å². The summed E-state index contributed by atoms with van der Waals surface area (Å²) >= 11 is 0. The summed E-state index contributed by atoms with van der Waals surface area (Å²) in [5.74, 6) is 19.2. The van der Waals surface area contributed by atoms with Gasteiger partial charge < -0.3 is 0 Å². The topological polar surface area (TPSA) is 0 Å². The summed E-state index contributed by atoms with van der Waals surface area (Å²) < 4.78 is 0. The van der Waals surface area contributed by atoms with Crippen molar-refractivity contribution in [2.75, 3.05) is 0 Å². The highest BCUT2D eigenvalue weighted by atomic mass is 14.7. The SMILES string of the molecule is CC.CC.CC.CC.CC.CC.CC.CC.CC.CC.CC.CC.CC.CC.CC.CC.CC.CC.CC.CC.CC.CC.CC.CC.CCc1ccccc1C1C[C@@H]2CC(c3ccccc3CC)C[C@H](C)C23C2CCCC2C[C@@H]3C1.CCc1ccccc1C1C[C@@H]2CC(c3ccccc3CC)C[C@H](C)C23C2CCCC2C[C@@H]3C1.CCc1ccccc1C1C[C@@H]2CC(c3ccccc3CC)C[C@H](C)C23C2CCCC2C[C@@H]3C1. The molecule has 0 saturated heterocycles. The van der Waals surface area contributed by atoms with Gasteiger partial charge in [0.15, 0.2) is 0 Å². The zero-order chi connectivity index (χ0) is 116. The fourth-order valence-electron chi connectivity index (χ4n) is 31.0. The molecule has 12 aliphatic rings. The highest BCUT2D eigenvalue weighted by Gasteiger charge is 2.69. The van der Waals surface area contributed by atoms with Crippen LogP contribution >= 0.6 is 0 Å². The van der Waals surface area contributed by atoms with Crippen molar-refractivity contribution in [2.24, 2.45) is 105 Å². The second-order valence-electron chi connectivity index (χ2n) is 36.8. The van der Waals surface area contributed by atoms with Gasteiger partial charge in [-0.05, 0) is 361 Å². The Morgan fingerprint density at radius 3 is 0.422 bits per heavy atom. The predicted molar refractivity (Wildman–Crippen MR) is 691 cm³/mol. The average Bonchev–Trinajstić information content (AvgIpc) is 1.60. The van der Waals surface area contributed by atoms with E-state index in [2.05, 4.69) is 208 Å². The van der Waals surface area contributed by atoms with Gasteiger partial charge in [0.2, 0.25) is 0 Å². The summed E-state index contributed by atoms with van der Waals surface area (Å²) in [6.45, 7) is 118. The van der Waals surface area contributed by atoms with Crippen LogP contribution in [0.5, 0.6) is 0 Å². The molecule has 0 amide bonds. The van der Waals surface area contributed by atoms with Gasteiger partial charge in [0, 0.05) is 0 Å². The molecule has 12 fully saturated rings. The molecule has 0 N–H and O–H groups in total. The molecule has 864 valence electrons. The second kappa shape index (κ2) is 101. The van der Waals surface area contributed by atoms with E-state index in [-0.39, 0.29) is 0 Å². The third kappa shape index (κ3) is 40.8. The van der Waals surface area contributed by atoms with Crippen LogP contribution in [0.4, 0.5) is 0 Å². The summed E-state index contributed by atoms with van der Waals surface area (Å²) in [6, 6.07) is 56.7. The Morgan fingerprint density at radius 2 is 0.286 bits per heavy atom. The fraction of sp³-hybridized carbons (Fsp3) is 0.755. The number of fused-ring (bicyclic) bond motifs is 3. The van der Waals surface area contributed by atoms with Gasteiger partial charge in [0.05, 0.1) is 0 Å². The third-order valence-electron chi connectivity index (χ3n) is 33.8. The molecule has 0 heterocycles. The van der Waals surface area contributed by atoms with Crippen LogP contribution in [-0.4, -0.2) is 0 Å². The van der Waals surface area contributed by atoms with Crippen LogP contribution in [-0.2, 0) is 38.5 Å². The largest absolute Gasteiger partial charge is 0.0683 e. The minimum Gasteiger partial charge on any atom is -0.0683 e. The van der Waals surface area contributed by atoms with E-state index in [0.29, 0.717) is 16.2 Å².